The number of ether oxygens (including phenoxy) is 2. The van der Waals surface area contributed by atoms with Crippen LogP contribution in [0.1, 0.15) is 91.4 Å². The van der Waals surface area contributed by atoms with Gasteiger partial charge in [-0.2, -0.15) is 0 Å². The van der Waals surface area contributed by atoms with Gasteiger partial charge in [-0.15, -0.1) is 0 Å². The van der Waals surface area contributed by atoms with E-state index in [0.29, 0.717) is 39.5 Å². The summed E-state index contributed by atoms with van der Waals surface area (Å²) in [5, 5.41) is 1.00. The Hall–Kier alpha value is -1.52. The van der Waals surface area contributed by atoms with Crippen LogP contribution in [0.3, 0.4) is 0 Å². The highest BCUT2D eigenvalue weighted by molar-refractivity contribution is 6.29. The van der Waals surface area contributed by atoms with Crippen molar-refractivity contribution in [2.45, 2.75) is 97.5 Å². The number of hydrogen-bond donors (Lipinski definition) is 0. The molecule has 0 N–H and O–H groups in total. The number of fused-ring (bicyclic) bond motifs is 5. The van der Waals surface area contributed by atoms with Gasteiger partial charge in [0.25, 0.3) is 0 Å². The van der Waals surface area contributed by atoms with Crippen molar-refractivity contribution < 1.29 is 9.47 Å². The highest BCUT2D eigenvalue weighted by atomic mass is 35.5. The maximum absolute atomic E-state index is 6.35. The predicted octanol–water partition coefficient (Wildman–Crippen LogP) is 9.68. The minimum absolute atomic E-state index is 0.268. The van der Waals surface area contributed by atoms with Crippen LogP contribution in [0.4, 0.5) is 0 Å². The van der Waals surface area contributed by atoms with Crippen molar-refractivity contribution >= 4 is 23.2 Å². The molecule has 0 saturated heterocycles. The maximum Gasteiger partial charge on any atom is 0.214 e. The predicted molar refractivity (Wildman–Crippen MR) is 162 cm³/mol. The minimum atomic E-state index is 0.268. The summed E-state index contributed by atoms with van der Waals surface area (Å²) < 4.78 is 12.2. The first-order chi connectivity index (χ1) is 19.3. The lowest BCUT2D eigenvalue weighted by Crippen LogP contribution is -2.54. The molecule has 218 valence electrons. The minimum Gasteiger partial charge on any atom is -0.478 e. The second kappa shape index (κ2) is 11.6. The van der Waals surface area contributed by atoms with E-state index in [0.717, 1.165) is 48.3 Å². The van der Waals surface area contributed by atoms with Crippen LogP contribution in [-0.4, -0.2) is 22.7 Å². The third-order valence-corrected chi connectivity index (χ3v) is 12.5. The fourth-order valence-electron chi connectivity index (χ4n) is 10.2. The van der Waals surface area contributed by atoms with Gasteiger partial charge >= 0.3 is 0 Å². The first-order valence-electron chi connectivity index (χ1n) is 15.8. The zero-order valence-corrected chi connectivity index (χ0v) is 26.0. The fraction of sp³-hybridized carbons (Fsp3) is 0.706. The Morgan fingerprint density at radius 2 is 1.55 bits per heavy atom. The van der Waals surface area contributed by atoms with E-state index >= 15 is 0 Å². The molecule has 2 heterocycles. The van der Waals surface area contributed by atoms with Crippen LogP contribution in [0.25, 0.3) is 0 Å². The van der Waals surface area contributed by atoms with E-state index in [4.69, 9.17) is 32.7 Å². The van der Waals surface area contributed by atoms with E-state index in [-0.39, 0.29) is 6.10 Å². The Morgan fingerprint density at radius 3 is 2.33 bits per heavy atom. The molecule has 40 heavy (non-hydrogen) atoms. The fourth-order valence-corrected chi connectivity index (χ4v) is 10.5. The van der Waals surface area contributed by atoms with Crippen molar-refractivity contribution in [3.05, 3.63) is 46.7 Å². The number of halogens is 2. The second-order valence-electron chi connectivity index (χ2n) is 14.0. The van der Waals surface area contributed by atoms with Crippen molar-refractivity contribution in [1.29, 1.82) is 0 Å². The molecule has 4 aliphatic carbocycles. The van der Waals surface area contributed by atoms with Crippen LogP contribution in [0.15, 0.2) is 36.4 Å². The van der Waals surface area contributed by atoms with Crippen molar-refractivity contribution in [3.63, 3.8) is 0 Å². The molecule has 2 aromatic heterocycles. The van der Waals surface area contributed by atoms with Crippen molar-refractivity contribution in [1.82, 2.24) is 9.97 Å². The molecule has 0 aliphatic heterocycles. The van der Waals surface area contributed by atoms with Gasteiger partial charge in [-0.1, -0.05) is 56.1 Å². The molecule has 0 amide bonds. The zero-order chi connectivity index (χ0) is 27.9. The SMILES string of the molecule is C[C@H](CCCOc1cccc(Cl)n1)[C@H]1CC[C@H]2[C@@H]3CC[C@@H]4C[C@@H](Oc5cccc(Cl)n5)CC[C@]4(C)[C@H]3CC[C@]12C. The molecule has 0 aromatic carbocycles. The van der Waals surface area contributed by atoms with Gasteiger partial charge in [-0.25, -0.2) is 9.97 Å². The van der Waals surface area contributed by atoms with Gasteiger partial charge in [0.1, 0.15) is 16.4 Å². The van der Waals surface area contributed by atoms with Crippen LogP contribution < -0.4 is 9.47 Å². The van der Waals surface area contributed by atoms with E-state index in [9.17, 15) is 0 Å². The number of aromatic nitrogens is 2. The smallest absolute Gasteiger partial charge is 0.214 e. The van der Waals surface area contributed by atoms with E-state index in [1.54, 1.807) is 6.07 Å². The molecule has 0 bridgehead atoms. The van der Waals surface area contributed by atoms with E-state index < -0.39 is 0 Å². The molecule has 0 radical (unpaired) electrons. The summed E-state index contributed by atoms with van der Waals surface area (Å²) in [5.74, 6) is 6.34. The third kappa shape index (κ3) is 5.49. The Kier molecular flexibility index (Phi) is 8.32. The maximum atomic E-state index is 6.35. The van der Waals surface area contributed by atoms with E-state index in [2.05, 4.69) is 30.7 Å². The number of rotatable bonds is 8. The van der Waals surface area contributed by atoms with Crippen molar-refractivity contribution in [2.24, 2.45) is 46.3 Å². The standard InChI is InChI=1S/C34H46Cl2N2O2/c1-22(7-6-20-39-31-10-4-8-29(35)37-31)26-14-15-27-25-13-12-23-21-24(40-32-11-5-9-30(36)38-32)16-18-33(23,2)28(25)17-19-34(26,27)3/h4-5,8-11,22-28H,6-7,12-21H2,1-3H3/t22-,23-,24+,25+,26-,27+,28+,33+,34-/m1/s1. The molecule has 4 fully saturated rings. The molecule has 6 rings (SSSR count). The Labute approximate surface area is 250 Å². The summed E-state index contributed by atoms with van der Waals surface area (Å²) in [4.78, 5) is 8.65. The molecular weight excluding hydrogens is 539 g/mol. The molecule has 6 heteroatoms. The van der Waals surface area contributed by atoms with Gasteiger partial charge in [0.05, 0.1) is 6.61 Å². The number of pyridine rings is 2. The summed E-state index contributed by atoms with van der Waals surface area (Å²) in [7, 11) is 0. The molecule has 4 saturated carbocycles. The van der Waals surface area contributed by atoms with Crippen LogP contribution in [-0.2, 0) is 0 Å². The molecule has 4 aliphatic rings. The van der Waals surface area contributed by atoms with Gasteiger partial charge in [0.2, 0.25) is 11.8 Å². The van der Waals surface area contributed by atoms with Crippen LogP contribution in [0.2, 0.25) is 10.3 Å². The lowest BCUT2D eigenvalue weighted by atomic mass is 9.44. The van der Waals surface area contributed by atoms with Gasteiger partial charge in [0, 0.05) is 12.1 Å². The lowest BCUT2D eigenvalue weighted by molar-refractivity contribution is -0.127. The zero-order valence-electron chi connectivity index (χ0n) is 24.5. The highest BCUT2D eigenvalue weighted by Gasteiger charge is 2.60. The first kappa shape index (κ1) is 28.6. The average Bonchev–Trinajstić information content (AvgIpc) is 3.29. The van der Waals surface area contributed by atoms with Crippen molar-refractivity contribution in [2.75, 3.05) is 6.61 Å². The summed E-state index contributed by atoms with van der Waals surface area (Å²) in [6.45, 7) is 8.55. The van der Waals surface area contributed by atoms with Gasteiger partial charge in [0.15, 0.2) is 0 Å². The molecule has 4 nitrogen and oxygen atoms in total. The molecule has 2 aromatic rings. The first-order valence-corrected chi connectivity index (χ1v) is 16.6. The quantitative estimate of drug-likeness (QED) is 0.229. The van der Waals surface area contributed by atoms with Crippen LogP contribution in [0, 0.1) is 46.3 Å². The monoisotopic (exact) mass is 584 g/mol. The largest absolute Gasteiger partial charge is 0.478 e. The van der Waals surface area contributed by atoms with Crippen LogP contribution in [0.5, 0.6) is 11.8 Å². The van der Waals surface area contributed by atoms with Crippen molar-refractivity contribution in [3.8, 4) is 11.8 Å². The Balaban J connectivity index is 1.05. The van der Waals surface area contributed by atoms with Crippen LogP contribution >= 0.6 is 23.2 Å². The summed E-state index contributed by atoms with van der Waals surface area (Å²) in [6.07, 6.45) is 14.6. The summed E-state index contributed by atoms with van der Waals surface area (Å²) in [5.41, 5.74) is 0.957. The third-order valence-electron chi connectivity index (χ3n) is 12.1. The Morgan fingerprint density at radius 1 is 0.850 bits per heavy atom. The van der Waals surface area contributed by atoms with E-state index in [1.807, 2.05) is 30.3 Å². The summed E-state index contributed by atoms with van der Waals surface area (Å²) in [6, 6.07) is 11.3. The Bertz CT molecular complexity index is 1180. The normalized spacial score (nSPS) is 37.6. The highest BCUT2D eigenvalue weighted by Crippen LogP contribution is 2.68. The number of hydrogen-bond acceptors (Lipinski definition) is 4. The van der Waals surface area contributed by atoms with E-state index in [1.165, 1.54) is 57.8 Å². The molecule has 0 spiro atoms. The molecule has 9 atom stereocenters. The summed E-state index contributed by atoms with van der Waals surface area (Å²) >= 11 is 12.1. The number of nitrogens with zero attached hydrogens (tertiary/aromatic N) is 2. The topological polar surface area (TPSA) is 44.2 Å². The lowest BCUT2D eigenvalue weighted by Gasteiger charge is -2.61. The molecule has 0 unspecified atom stereocenters. The van der Waals surface area contributed by atoms with Gasteiger partial charge in [-0.3, -0.25) is 0 Å². The van der Waals surface area contributed by atoms with Gasteiger partial charge in [-0.05, 0) is 129 Å². The average molecular weight is 586 g/mol. The second-order valence-corrected chi connectivity index (χ2v) is 14.7. The molecular formula is C34H46Cl2N2O2. The van der Waals surface area contributed by atoms with Gasteiger partial charge < -0.3 is 9.47 Å².